The molecular weight excluding hydrogens is 238 g/mol. The molecule has 66 valence electrons. The Hall–Kier alpha value is 1.72. The summed E-state index contributed by atoms with van der Waals surface area (Å²) in [6.45, 7) is 0.777. The minimum absolute atomic E-state index is 0. The Morgan fingerprint density at radius 3 is 1.85 bits per heavy atom. The summed E-state index contributed by atoms with van der Waals surface area (Å²) in [6, 6.07) is 0. The van der Waals surface area contributed by atoms with Crippen LogP contribution in [0.15, 0.2) is 0 Å². The van der Waals surface area contributed by atoms with Gasteiger partial charge in [0, 0.05) is 13.0 Å². The minimum atomic E-state index is -4.33. The molecule has 1 saturated heterocycles. The standard InChI is InChI=1S/C3H6N2O.2Na.H2O3S2/c6-3-1-2-4-5-3;;;1-5(2,3)4/h4H,1-2H2,(H,5,6);;;(H2,1,2,3,4)/q;2*+1;/p-2. The quantitative estimate of drug-likeness (QED) is 0.410. The first-order valence-electron chi connectivity index (χ1n) is 2.58. The molecule has 1 amide bonds. The summed E-state index contributed by atoms with van der Waals surface area (Å²) in [7, 11) is -4.33. The van der Waals surface area contributed by atoms with Crippen molar-refractivity contribution in [1.82, 2.24) is 10.9 Å². The maximum atomic E-state index is 10.1. The molecule has 0 aliphatic carbocycles. The summed E-state index contributed by atoms with van der Waals surface area (Å²) in [6.07, 6.45) is 0.625. The SMILES string of the molecule is O=C1CCNN1.O=S([O-])([O-])=S.[Na+].[Na+]. The van der Waals surface area contributed by atoms with E-state index >= 15 is 0 Å². The van der Waals surface area contributed by atoms with Crippen LogP contribution in [0.2, 0.25) is 0 Å². The maximum Gasteiger partial charge on any atom is 1.00 e. The van der Waals surface area contributed by atoms with Gasteiger partial charge in [-0.05, 0) is 11.2 Å². The maximum absolute atomic E-state index is 10.1. The second kappa shape index (κ2) is 10.2. The molecular formula is C3H6N2Na2O4S2. The summed E-state index contributed by atoms with van der Waals surface area (Å²) in [4.78, 5) is 10.1. The van der Waals surface area contributed by atoms with E-state index in [0.717, 1.165) is 6.54 Å². The first kappa shape index (κ1) is 20.2. The van der Waals surface area contributed by atoms with Gasteiger partial charge in [-0.3, -0.25) is 14.4 Å². The fourth-order valence-electron chi connectivity index (χ4n) is 0.400. The summed E-state index contributed by atoms with van der Waals surface area (Å²) in [5.41, 5.74) is 5.10. The molecule has 1 fully saturated rings. The van der Waals surface area contributed by atoms with Gasteiger partial charge in [0.2, 0.25) is 5.91 Å². The predicted molar refractivity (Wildman–Crippen MR) is 37.8 cm³/mol. The van der Waals surface area contributed by atoms with E-state index in [1.165, 1.54) is 0 Å². The smallest absolute Gasteiger partial charge is 0.780 e. The van der Waals surface area contributed by atoms with E-state index in [1.807, 2.05) is 0 Å². The van der Waals surface area contributed by atoms with E-state index in [9.17, 15) is 4.79 Å². The van der Waals surface area contributed by atoms with Crippen molar-refractivity contribution in [2.24, 2.45) is 0 Å². The van der Waals surface area contributed by atoms with Gasteiger partial charge in [-0.1, -0.05) is 0 Å². The van der Waals surface area contributed by atoms with E-state index < -0.39 is 9.05 Å². The topological polar surface area (TPSA) is 104 Å². The van der Waals surface area contributed by atoms with E-state index in [1.54, 1.807) is 0 Å². The molecule has 0 aromatic rings. The van der Waals surface area contributed by atoms with Gasteiger partial charge in [0.05, 0.1) is 0 Å². The fraction of sp³-hybridized carbons (Fsp3) is 0.667. The number of amides is 1. The molecule has 10 heteroatoms. The van der Waals surface area contributed by atoms with Gasteiger partial charge in [-0.15, -0.1) is 9.05 Å². The molecule has 0 aromatic carbocycles. The zero-order valence-corrected chi connectivity index (χ0v) is 13.0. The molecule has 0 bridgehead atoms. The Morgan fingerprint density at radius 2 is 1.77 bits per heavy atom. The van der Waals surface area contributed by atoms with Crippen molar-refractivity contribution in [3.05, 3.63) is 0 Å². The van der Waals surface area contributed by atoms with Gasteiger partial charge >= 0.3 is 59.1 Å². The molecule has 1 aliphatic rings. The van der Waals surface area contributed by atoms with Crippen LogP contribution in [0.5, 0.6) is 0 Å². The average Bonchev–Trinajstić information content (AvgIpc) is 2.12. The molecule has 1 rings (SSSR count). The molecule has 0 unspecified atom stereocenters. The molecule has 6 nitrogen and oxygen atoms in total. The van der Waals surface area contributed by atoms with Gasteiger partial charge in [-0.2, -0.15) is 0 Å². The average molecular weight is 244 g/mol. The van der Waals surface area contributed by atoms with Crippen LogP contribution in [-0.4, -0.2) is 25.8 Å². The number of nitrogens with one attached hydrogen (secondary N) is 2. The minimum Gasteiger partial charge on any atom is -0.780 e. The monoisotopic (exact) mass is 244 g/mol. The van der Waals surface area contributed by atoms with Crippen LogP contribution in [0.1, 0.15) is 6.42 Å². The first-order chi connectivity index (χ1) is 4.89. The zero-order chi connectivity index (χ0) is 8.91. The Bertz CT molecular complexity index is 216. The number of rotatable bonds is 0. The van der Waals surface area contributed by atoms with E-state index in [0.29, 0.717) is 6.42 Å². The van der Waals surface area contributed by atoms with Crippen molar-refractivity contribution in [2.45, 2.75) is 6.42 Å². The van der Waals surface area contributed by atoms with Crippen molar-refractivity contribution in [3.8, 4) is 0 Å². The molecule has 1 aliphatic heterocycles. The van der Waals surface area contributed by atoms with Crippen LogP contribution in [-0.2, 0) is 25.0 Å². The predicted octanol–water partition coefficient (Wildman–Crippen LogP) is -7.99. The van der Waals surface area contributed by atoms with Gasteiger partial charge < -0.3 is 9.11 Å². The Labute approximate surface area is 125 Å². The molecule has 2 N–H and O–H groups in total. The molecule has 0 spiro atoms. The number of carbonyl (C=O) groups excluding carboxylic acids is 1. The number of hydrogen-bond donors (Lipinski definition) is 2. The van der Waals surface area contributed by atoms with Crippen LogP contribution in [0.4, 0.5) is 0 Å². The van der Waals surface area contributed by atoms with E-state index in [2.05, 4.69) is 22.0 Å². The van der Waals surface area contributed by atoms with Crippen LogP contribution in [0, 0.1) is 0 Å². The number of hydrazine groups is 1. The third-order valence-electron chi connectivity index (χ3n) is 0.705. The van der Waals surface area contributed by atoms with Gasteiger partial charge in [0.25, 0.3) is 0 Å². The van der Waals surface area contributed by atoms with Crippen molar-refractivity contribution in [3.63, 3.8) is 0 Å². The summed E-state index contributed by atoms with van der Waals surface area (Å²) < 4.78 is 26.7. The van der Waals surface area contributed by atoms with Crippen molar-refractivity contribution >= 4 is 26.1 Å². The Kier molecular flexibility index (Phi) is 15.9. The number of carbonyl (C=O) groups is 1. The zero-order valence-electron chi connectivity index (χ0n) is 7.36. The van der Waals surface area contributed by atoms with Crippen molar-refractivity contribution in [1.29, 1.82) is 0 Å². The van der Waals surface area contributed by atoms with Gasteiger partial charge in [0.15, 0.2) is 0 Å². The first-order valence-corrected chi connectivity index (χ1v) is 4.91. The molecule has 1 heterocycles. The Balaban J connectivity index is -0.000000136. The Morgan fingerprint density at radius 1 is 1.38 bits per heavy atom. The molecule has 0 aromatic heterocycles. The van der Waals surface area contributed by atoms with E-state index in [4.69, 9.17) is 13.3 Å². The molecule has 13 heavy (non-hydrogen) atoms. The third-order valence-corrected chi connectivity index (χ3v) is 0.705. The summed E-state index contributed by atoms with van der Waals surface area (Å²) in [5.74, 6) is 0.0926. The van der Waals surface area contributed by atoms with Crippen LogP contribution in [0.3, 0.4) is 0 Å². The fourth-order valence-corrected chi connectivity index (χ4v) is 0.400. The second-order valence-electron chi connectivity index (χ2n) is 1.63. The van der Waals surface area contributed by atoms with Gasteiger partial charge in [0.1, 0.15) is 0 Å². The van der Waals surface area contributed by atoms with Crippen molar-refractivity contribution < 1.29 is 77.2 Å². The largest absolute Gasteiger partial charge is 1.00 e. The third kappa shape index (κ3) is 24.8. The summed E-state index contributed by atoms with van der Waals surface area (Å²) >= 11 is 3.24. The molecule has 0 radical (unpaired) electrons. The van der Waals surface area contributed by atoms with Crippen LogP contribution < -0.4 is 70.0 Å². The molecule has 0 atom stereocenters. The van der Waals surface area contributed by atoms with Crippen LogP contribution in [0.25, 0.3) is 0 Å². The number of hydrogen-bond acceptors (Lipinski definition) is 6. The van der Waals surface area contributed by atoms with Crippen LogP contribution >= 0.6 is 0 Å². The normalized spacial score (nSPS) is 14.2. The molecule has 0 saturated carbocycles. The summed E-state index contributed by atoms with van der Waals surface area (Å²) in [5, 5.41) is 0. The van der Waals surface area contributed by atoms with Gasteiger partial charge in [-0.25, -0.2) is 5.43 Å². The van der Waals surface area contributed by atoms with E-state index in [-0.39, 0.29) is 65.0 Å². The second-order valence-corrected chi connectivity index (χ2v) is 3.67. The van der Waals surface area contributed by atoms with Crippen molar-refractivity contribution in [2.75, 3.05) is 6.54 Å².